The lowest BCUT2D eigenvalue weighted by Gasteiger charge is -2.32. The minimum Gasteiger partial charge on any atom is -0.490 e. The van der Waals surface area contributed by atoms with Crippen LogP contribution in [0.1, 0.15) is 19.8 Å². The number of ether oxygens (including phenoxy) is 2. The van der Waals surface area contributed by atoms with E-state index in [1.807, 2.05) is 49.4 Å². The number of hydrogen-bond acceptors (Lipinski definition) is 5. The predicted octanol–water partition coefficient (Wildman–Crippen LogP) is 2.80. The monoisotopic (exact) mass is 397 g/mol. The highest BCUT2D eigenvalue weighted by molar-refractivity contribution is 5.92. The molecule has 3 rings (SSSR count). The van der Waals surface area contributed by atoms with Gasteiger partial charge in [0, 0.05) is 30.4 Å². The molecule has 1 aliphatic rings. The predicted molar refractivity (Wildman–Crippen MR) is 112 cm³/mol. The molecule has 0 bridgehead atoms. The van der Waals surface area contributed by atoms with E-state index in [-0.39, 0.29) is 24.3 Å². The molecule has 2 amide bonds. The van der Waals surface area contributed by atoms with Crippen LogP contribution in [-0.4, -0.2) is 38.1 Å². The van der Waals surface area contributed by atoms with Gasteiger partial charge in [-0.3, -0.25) is 9.59 Å². The highest BCUT2D eigenvalue weighted by Gasteiger charge is 2.23. The molecule has 7 nitrogen and oxygen atoms in total. The van der Waals surface area contributed by atoms with Crippen LogP contribution in [0.25, 0.3) is 0 Å². The summed E-state index contributed by atoms with van der Waals surface area (Å²) in [5, 5.41) is 2.83. The zero-order valence-corrected chi connectivity index (χ0v) is 16.6. The first-order valence-electron chi connectivity index (χ1n) is 9.85. The molecule has 0 atom stereocenters. The Balaban J connectivity index is 1.50. The molecule has 0 radical (unpaired) electrons. The maximum absolute atomic E-state index is 12.2. The number of hydrogen-bond donors (Lipinski definition) is 2. The van der Waals surface area contributed by atoms with Gasteiger partial charge < -0.3 is 25.4 Å². The van der Waals surface area contributed by atoms with E-state index in [2.05, 4.69) is 10.2 Å². The first-order chi connectivity index (χ1) is 14.1. The molecule has 0 unspecified atom stereocenters. The van der Waals surface area contributed by atoms with Crippen LogP contribution in [0.2, 0.25) is 0 Å². The Kier molecular flexibility index (Phi) is 6.94. The zero-order valence-electron chi connectivity index (χ0n) is 16.6. The van der Waals surface area contributed by atoms with E-state index < -0.39 is 0 Å². The summed E-state index contributed by atoms with van der Waals surface area (Å²) in [6.07, 6.45) is 1.54. The third kappa shape index (κ3) is 5.63. The Morgan fingerprint density at radius 2 is 1.66 bits per heavy atom. The van der Waals surface area contributed by atoms with E-state index in [0.717, 1.165) is 31.6 Å². The average Bonchev–Trinajstić information content (AvgIpc) is 2.74. The fourth-order valence-corrected chi connectivity index (χ4v) is 3.36. The standard InChI is InChI=1S/C22H27N3O4/c1-2-28-19-5-3-4-6-20(19)29-15-21(26)24-17-7-9-18(10-8-17)25-13-11-16(12-14-25)22(23)27/h3-10,16H,2,11-15H2,1H3,(H2,23,27)(H,24,26). The minimum absolute atomic E-state index is 0.0299. The van der Waals surface area contributed by atoms with Crippen molar-refractivity contribution < 1.29 is 19.1 Å². The number of anilines is 2. The molecule has 0 spiro atoms. The van der Waals surface area contributed by atoms with Crippen molar-refractivity contribution in [3.05, 3.63) is 48.5 Å². The van der Waals surface area contributed by atoms with Crippen LogP contribution in [0.5, 0.6) is 11.5 Å². The van der Waals surface area contributed by atoms with E-state index >= 15 is 0 Å². The molecule has 0 aliphatic carbocycles. The van der Waals surface area contributed by atoms with Crippen LogP contribution in [0, 0.1) is 5.92 Å². The molecule has 2 aromatic rings. The molecule has 1 fully saturated rings. The largest absolute Gasteiger partial charge is 0.490 e. The number of benzene rings is 2. The number of carbonyl (C=O) groups excluding carboxylic acids is 2. The van der Waals surface area contributed by atoms with Gasteiger partial charge in [-0.15, -0.1) is 0 Å². The van der Waals surface area contributed by atoms with Crippen molar-refractivity contribution in [1.29, 1.82) is 0 Å². The summed E-state index contributed by atoms with van der Waals surface area (Å²) in [6.45, 7) is 3.91. The summed E-state index contributed by atoms with van der Waals surface area (Å²) in [5.41, 5.74) is 7.15. The Morgan fingerprint density at radius 3 is 2.24 bits per heavy atom. The SMILES string of the molecule is CCOc1ccccc1OCC(=O)Nc1ccc(N2CCC(C(N)=O)CC2)cc1. The second-order valence-electron chi connectivity index (χ2n) is 6.93. The van der Waals surface area contributed by atoms with Crippen molar-refractivity contribution in [2.75, 3.05) is 36.5 Å². The molecule has 1 saturated heterocycles. The summed E-state index contributed by atoms with van der Waals surface area (Å²) >= 11 is 0. The molecule has 0 aromatic heterocycles. The third-order valence-electron chi connectivity index (χ3n) is 4.92. The lowest BCUT2D eigenvalue weighted by molar-refractivity contribution is -0.122. The van der Waals surface area contributed by atoms with E-state index in [0.29, 0.717) is 23.8 Å². The van der Waals surface area contributed by atoms with Gasteiger partial charge in [0.15, 0.2) is 18.1 Å². The number of nitrogens with one attached hydrogen (secondary N) is 1. The Labute approximate surface area is 170 Å². The topological polar surface area (TPSA) is 93.9 Å². The zero-order chi connectivity index (χ0) is 20.6. The quantitative estimate of drug-likeness (QED) is 0.714. The number of carbonyl (C=O) groups is 2. The van der Waals surface area contributed by atoms with Gasteiger partial charge in [-0.05, 0) is 56.2 Å². The van der Waals surface area contributed by atoms with E-state index in [4.69, 9.17) is 15.2 Å². The van der Waals surface area contributed by atoms with E-state index in [1.54, 1.807) is 6.07 Å². The lowest BCUT2D eigenvalue weighted by Crippen LogP contribution is -2.38. The van der Waals surface area contributed by atoms with Crippen LogP contribution in [-0.2, 0) is 9.59 Å². The summed E-state index contributed by atoms with van der Waals surface area (Å²) in [7, 11) is 0. The number of piperidine rings is 1. The van der Waals surface area contributed by atoms with Crippen LogP contribution < -0.4 is 25.4 Å². The fourth-order valence-electron chi connectivity index (χ4n) is 3.36. The van der Waals surface area contributed by atoms with Gasteiger partial charge in [0.25, 0.3) is 5.91 Å². The summed E-state index contributed by atoms with van der Waals surface area (Å²) in [6, 6.07) is 14.9. The Morgan fingerprint density at radius 1 is 1.03 bits per heavy atom. The highest BCUT2D eigenvalue weighted by Crippen LogP contribution is 2.27. The summed E-state index contributed by atoms with van der Waals surface area (Å²) < 4.78 is 11.1. The molecule has 1 aliphatic heterocycles. The van der Waals surface area contributed by atoms with Gasteiger partial charge in [-0.25, -0.2) is 0 Å². The number of amides is 2. The summed E-state index contributed by atoms with van der Waals surface area (Å²) in [4.78, 5) is 25.7. The Bertz CT molecular complexity index is 830. The number of nitrogens with zero attached hydrogens (tertiary/aromatic N) is 1. The average molecular weight is 397 g/mol. The second kappa shape index (κ2) is 9.82. The van der Waals surface area contributed by atoms with Crippen LogP contribution in [0.3, 0.4) is 0 Å². The van der Waals surface area contributed by atoms with Crippen molar-refractivity contribution >= 4 is 23.2 Å². The summed E-state index contributed by atoms with van der Waals surface area (Å²) in [5.74, 6) is 0.671. The van der Waals surface area contributed by atoms with Gasteiger partial charge in [-0.1, -0.05) is 12.1 Å². The molecule has 1 heterocycles. The molecular weight excluding hydrogens is 370 g/mol. The van der Waals surface area contributed by atoms with Crippen molar-refractivity contribution in [2.45, 2.75) is 19.8 Å². The number of primary amides is 1. The number of nitrogens with two attached hydrogens (primary N) is 1. The van der Waals surface area contributed by atoms with Crippen molar-refractivity contribution in [3.63, 3.8) is 0 Å². The number of para-hydroxylation sites is 2. The van der Waals surface area contributed by atoms with Gasteiger partial charge in [0.1, 0.15) is 0 Å². The van der Waals surface area contributed by atoms with Gasteiger partial charge >= 0.3 is 0 Å². The smallest absolute Gasteiger partial charge is 0.262 e. The van der Waals surface area contributed by atoms with Gasteiger partial charge in [0.2, 0.25) is 5.91 Å². The minimum atomic E-state index is -0.244. The third-order valence-corrected chi connectivity index (χ3v) is 4.92. The van der Waals surface area contributed by atoms with Crippen LogP contribution in [0.15, 0.2) is 48.5 Å². The van der Waals surface area contributed by atoms with Crippen molar-refractivity contribution in [3.8, 4) is 11.5 Å². The van der Waals surface area contributed by atoms with E-state index in [9.17, 15) is 9.59 Å². The van der Waals surface area contributed by atoms with Crippen molar-refractivity contribution in [1.82, 2.24) is 0 Å². The lowest BCUT2D eigenvalue weighted by atomic mass is 9.96. The first-order valence-corrected chi connectivity index (χ1v) is 9.85. The molecule has 29 heavy (non-hydrogen) atoms. The molecule has 154 valence electrons. The maximum Gasteiger partial charge on any atom is 0.262 e. The Hall–Kier alpha value is -3.22. The fraction of sp³-hybridized carbons (Fsp3) is 0.364. The van der Waals surface area contributed by atoms with Crippen molar-refractivity contribution in [2.24, 2.45) is 11.7 Å². The van der Waals surface area contributed by atoms with Gasteiger partial charge in [0.05, 0.1) is 6.61 Å². The first kappa shape index (κ1) is 20.5. The van der Waals surface area contributed by atoms with E-state index in [1.165, 1.54) is 0 Å². The molecule has 0 saturated carbocycles. The normalized spacial score (nSPS) is 14.3. The maximum atomic E-state index is 12.2. The molecular formula is C22H27N3O4. The highest BCUT2D eigenvalue weighted by atomic mass is 16.5. The van der Waals surface area contributed by atoms with Gasteiger partial charge in [-0.2, -0.15) is 0 Å². The molecule has 7 heteroatoms. The van der Waals surface area contributed by atoms with Crippen LogP contribution in [0.4, 0.5) is 11.4 Å². The molecule has 3 N–H and O–H groups in total. The second-order valence-corrected chi connectivity index (χ2v) is 6.93. The molecule has 2 aromatic carbocycles. The number of rotatable bonds is 8. The van der Waals surface area contributed by atoms with Crippen LogP contribution >= 0.6 is 0 Å².